The van der Waals surface area contributed by atoms with Gasteiger partial charge < -0.3 is 25.7 Å². The molecule has 0 atom stereocenters. The van der Waals surface area contributed by atoms with E-state index in [-0.39, 0.29) is 56.4 Å². The van der Waals surface area contributed by atoms with E-state index in [1.54, 1.807) is 4.90 Å². The molecule has 0 spiro atoms. The highest BCUT2D eigenvalue weighted by molar-refractivity contribution is 5.80. The molecule has 3 amide bonds. The molecule has 1 saturated heterocycles. The third kappa shape index (κ3) is 3.83. The van der Waals surface area contributed by atoms with Gasteiger partial charge in [0, 0.05) is 44.4 Å². The Hall–Kier alpha value is -1.83. The van der Waals surface area contributed by atoms with E-state index in [0.717, 1.165) is 37.0 Å². The Balaban J connectivity index is 1.19. The van der Waals surface area contributed by atoms with Crippen LogP contribution in [0.4, 0.5) is 4.79 Å². The van der Waals surface area contributed by atoms with E-state index in [2.05, 4.69) is 10.6 Å². The first-order valence-electron chi connectivity index (χ1n) is 10.6. The number of aliphatic carboxylic acids is 1. The Morgan fingerprint density at radius 2 is 1.50 bits per heavy atom. The molecule has 8 nitrogen and oxygen atoms in total. The van der Waals surface area contributed by atoms with Crippen LogP contribution in [0.5, 0.6) is 0 Å². The molecular weight excluding hydrogens is 362 g/mol. The van der Waals surface area contributed by atoms with Crippen molar-refractivity contribution in [2.45, 2.75) is 68.9 Å². The van der Waals surface area contributed by atoms with Crippen LogP contribution in [-0.4, -0.2) is 63.8 Å². The topological polar surface area (TPSA) is 119 Å². The summed E-state index contributed by atoms with van der Waals surface area (Å²) >= 11 is 0. The molecule has 5 aliphatic rings. The highest BCUT2D eigenvalue weighted by Crippen LogP contribution is 2.55. The van der Waals surface area contributed by atoms with Gasteiger partial charge in [0.05, 0.1) is 0 Å². The van der Waals surface area contributed by atoms with Crippen LogP contribution in [0, 0.1) is 17.8 Å². The first-order valence-corrected chi connectivity index (χ1v) is 10.6. The molecular formula is C20H31N3O5. The smallest absolute Gasteiger partial charge is 0.335 e. The van der Waals surface area contributed by atoms with Crippen LogP contribution in [0.3, 0.4) is 0 Å². The van der Waals surface area contributed by atoms with Crippen molar-refractivity contribution >= 4 is 17.9 Å². The number of nitrogens with zero attached hydrogens (tertiary/aromatic N) is 1. The zero-order valence-corrected chi connectivity index (χ0v) is 16.3. The van der Waals surface area contributed by atoms with Crippen molar-refractivity contribution in [1.29, 1.82) is 0 Å². The van der Waals surface area contributed by atoms with Crippen molar-refractivity contribution in [3.8, 4) is 0 Å². The van der Waals surface area contributed by atoms with Gasteiger partial charge in [0.2, 0.25) is 5.91 Å². The number of likely N-dealkylation sites (tertiary alicyclic amines) is 1. The predicted octanol–water partition coefficient (Wildman–Crippen LogP) is 1.08. The first kappa shape index (κ1) is 19.5. The minimum Gasteiger partial charge on any atom is -0.479 e. The molecule has 28 heavy (non-hydrogen) atoms. The summed E-state index contributed by atoms with van der Waals surface area (Å²) in [7, 11) is 0. The van der Waals surface area contributed by atoms with Gasteiger partial charge in [0.25, 0.3) is 0 Å². The monoisotopic (exact) mass is 393 g/mol. The number of hydrogen-bond acceptors (Lipinski definition) is 4. The number of amides is 3. The molecule has 5 fully saturated rings. The van der Waals surface area contributed by atoms with E-state index in [1.807, 2.05) is 0 Å². The number of carboxylic acid groups (broad SMARTS) is 1. The SMILES string of the molecule is O=C(NCCC(=O)N1CCC(O)(C(=O)O)CC1)NC12CC3CC(CC(C3)C1)C2. The van der Waals surface area contributed by atoms with Gasteiger partial charge in [-0.2, -0.15) is 0 Å². The maximum absolute atomic E-state index is 12.4. The number of hydrogen-bond donors (Lipinski definition) is 4. The van der Waals surface area contributed by atoms with E-state index in [0.29, 0.717) is 0 Å². The van der Waals surface area contributed by atoms with Gasteiger partial charge in [0.1, 0.15) is 0 Å². The first-order chi connectivity index (χ1) is 13.3. The molecule has 0 unspecified atom stereocenters. The second-order valence-electron chi connectivity index (χ2n) is 9.55. The quantitative estimate of drug-likeness (QED) is 0.557. The maximum Gasteiger partial charge on any atom is 0.335 e. The lowest BCUT2D eigenvalue weighted by Crippen LogP contribution is -2.61. The molecule has 0 radical (unpaired) electrons. The minimum absolute atomic E-state index is 0.0357. The summed E-state index contributed by atoms with van der Waals surface area (Å²) in [5.74, 6) is 0.926. The van der Waals surface area contributed by atoms with Gasteiger partial charge in [-0.15, -0.1) is 0 Å². The van der Waals surface area contributed by atoms with Gasteiger partial charge in [-0.05, 0) is 56.3 Å². The van der Waals surface area contributed by atoms with Crippen molar-refractivity contribution in [2.75, 3.05) is 19.6 Å². The van der Waals surface area contributed by atoms with Crippen LogP contribution in [-0.2, 0) is 9.59 Å². The Morgan fingerprint density at radius 3 is 2.00 bits per heavy atom. The van der Waals surface area contributed by atoms with Crippen LogP contribution >= 0.6 is 0 Å². The highest BCUT2D eigenvalue weighted by Gasteiger charge is 2.51. The molecule has 5 rings (SSSR count). The lowest BCUT2D eigenvalue weighted by molar-refractivity contribution is -0.165. The van der Waals surface area contributed by atoms with E-state index < -0.39 is 11.6 Å². The largest absolute Gasteiger partial charge is 0.479 e. The zero-order chi connectivity index (χ0) is 19.9. The number of aliphatic hydroxyl groups is 1. The highest BCUT2D eigenvalue weighted by atomic mass is 16.4. The third-order valence-corrected chi connectivity index (χ3v) is 7.38. The number of carboxylic acids is 1. The normalized spacial score (nSPS) is 35.5. The molecule has 4 aliphatic carbocycles. The average molecular weight is 393 g/mol. The van der Waals surface area contributed by atoms with Gasteiger partial charge in [-0.1, -0.05) is 0 Å². The lowest BCUT2D eigenvalue weighted by atomic mass is 9.53. The van der Waals surface area contributed by atoms with Crippen LogP contribution in [0.1, 0.15) is 57.8 Å². The fourth-order valence-electron chi connectivity index (χ4n) is 6.33. The van der Waals surface area contributed by atoms with Crippen molar-refractivity contribution in [2.24, 2.45) is 17.8 Å². The molecule has 8 heteroatoms. The number of carbonyl (C=O) groups excluding carboxylic acids is 2. The number of carbonyl (C=O) groups is 3. The van der Waals surface area contributed by atoms with E-state index in [4.69, 9.17) is 5.11 Å². The summed E-state index contributed by atoms with van der Waals surface area (Å²) in [4.78, 5) is 37.3. The van der Waals surface area contributed by atoms with Gasteiger partial charge in [-0.25, -0.2) is 9.59 Å². The second-order valence-corrected chi connectivity index (χ2v) is 9.55. The Kier molecular flexibility index (Phi) is 5.02. The Bertz CT molecular complexity index is 621. The minimum atomic E-state index is -1.73. The van der Waals surface area contributed by atoms with Crippen molar-refractivity contribution in [1.82, 2.24) is 15.5 Å². The summed E-state index contributed by atoms with van der Waals surface area (Å²) in [5, 5.41) is 25.0. The van der Waals surface area contributed by atoms with E-state index in [1.165, 1.54) is 19.3 Å². The fraction of sp³-hybridized carbons (Fsp3) is 0.850. The predicted molar refractivity (Wildman–Crippen MR) is 100 cm³/mol. The lowest BCUT2D eigenvalue weighted by Gasteiger charge is -2.56. The number of rotatable bonds is 5. The number of nitrogens with one attached hydrogen (secondary N) is 2. The fourth-order valence-corrected chi connectivity index (χ4v) is 6.33. The van der Waals surface area contributed by atoms with Crippen molar-refractivity contribution in [3.05, 3.63) is 0 Å². The van der Waals surface area contributed by atoms with Crippen molar-refractivity contribution in [3.63, 3.8) is 0 Å². The van der Waals surface area contributed by atoms with Crippen LogP contribution < -0.4 is 10.6 Å². The summed E-state index contributed by atoms with van der Waals surface area (Å²) in [6.45, 7) is 0.707. The molecule has 4 N–H and O–H groups in total. The Morgan fingerprint density at radius 1 is 0.964 bits per heavy atom. The van der Waals surface area contributed by atoms with Crippen molar-refractivity contribution < 1.29 is 24.6 Å². The van der Waals surface area contributed by atoms with E-state index in [9.17, 15) is 19.5 Å². The summed E-state index contributed by atoms with van der Waals surface area (Å²) in [6, 6.07) is -0.186. The van der Waals surface area contributed by atoms with Crippen LogP contribution in [0.15, 0.2) is 0 Å². The summed E-state index contributed by atoms with van der Waals surface area (Å²) in [6.07, 6.45) is 7.49. The third-order valence-electron chi connectivity index (χ3n) is 7.38. The number of piperidine rings is 1. The Labute approximate surface area is 165 Å². The second kappa shape index (κ2) is 7.21. The van der Waals surface area contributed by atoms with Crippen LogP contribution in [0.2, 0.25) is 0 Å². The molecule has 156 valence electrons. The van der Waals surface area contributed by atoms with Gasteiger partial charge in [0.15, 0.2) is 5.60 Å². The number of urea groups is 1. The van der Waals surface area contributed by atoms with E-state index >= 15 is 0 Å². The standard InChI is InChI=1S/C20H31N3O5/c24-16(23-5-2-20(28,3-6-23)17(25)26)1-4-21-18(27)22-19-10-13-7-14(11-19)9-15(8-13)12-19/h13-15,28H,1-12H2,(H,25,26)(H2,21,22,27). The average Bonchev–Trinajstić information content (AvgIpc) is 2.60. The molecule has 0 aromatic rings. The molecule has 4 saturated carbocycles. The molecule has 1 heterocycles. The molecule has 4 bridgehead atoms. The summed E-state index contributed by atoms with van der Waals surface area (Å²) in [5.41, 5.74) is -1.77. The van der Waals surface area contributed by atoms with Gasteiger partial charge >= 0.3 is 12.0 Å². The molecule has 0 aromatic heterocycles. The molecule has 0 aromatic carbocycles. The summed E-state index contributed by atoms with van der Waals surface area (Å²) < 4.78 is 0. The maximum atomic E-state index is 12.4. The zero-order valence-electron chi connectivity index (χ0n) is 16.3. The molecule has 1 aliphatic heterocycles. The van der Waals surface area contributed by atoms with Crippen LogP contribution in [0.25, 0.3) is 0 Å². The van der Waals surface area contributed by atoms with Gasteiger partial charge in [-0.3, -0.25) is 4.79 Å².